The van der Waals surface area contributed by atoms with Crippen molar-refractivity contribution >= 4 is 17.7 Å². The fourth-order valence-electron chi connectivity index (χ4n) is 3.15. The smallest absolute Gasteiger partial charge is 0.338 e. The van der Waals surface area contributed by atoms with E-state index in [1.165, 1.54) is 10.9 Å². The summed E-state index contributed by atoms with van der Waals surface area (Å²) in [5.74, 6) is -0.560. The third-order valence-electron chi connectivity index (χ3n) is 4.80. The van der Waals surface area contributed by atoms with Crippen LogP contribution in [-0.2, 0) is 16.1 Å². The van der Waals surface area contributed by atoms with E-state index in [4.69, 9.17) is 9.47 Å². The van der Waals surface area contributed by atoms with E-state index in [0.717, 1.165) is 5.56 Å². The van der Waals surface area contributed by atoms with Crippen LogP contribution in [0.15, 0.2) is 91.1 Å². The molecule has 168 valence electrons. The average molecular weight is 452 g/mol. The van der Waals surface area contributed by atoms with Gasteiger partial charge in [0.25, 0.3) is 5.91 Å². The third kappa shape index (κ3) is 5.47. The number of esters is 1. The quantitative estimate of drug-likeness (QED) is 0.403. The van der Waals surface area contributed by atoms with Crippen molar-refractivity contribution in [1.29, 1.82) is 5.26 Å². The first kappa shape index (κ1) is 22.3. The minimum absolute atomic E-state index is 0.187. The van der Waals surface area contributed by atoms with Crippen LogP contribution < -0.4 is 10.1 Å². The van der Waals surface area contributed by atoms with Gasteiger partial charge in [-0.1, -0.05) is 54.6 Å². The fourth-order valence-corrected chi connectivity index (χ4v) is 3.15. The van der Waals surface area contributed by atoms with E-state index in [1.807, 2.05) is 54.6 Å². The number of para-hydroxylation sites is 1. The van der Waals surface area contributed by atoms with Crippen molar-refractivity contribution in [1.82, 2.24) is 9.78 Å². The SMILES string of the molecule is N#Cc1cnn(-c2ccccc2)c1NC(=O)COC(=O)c1cccc(OCc2ccccc2)c1. The molecule has 4 aromatic rings. The normalized spacial score (nSPS) is 10.2. The molecule has 0 saturated carbocycles. The summed E-state index contributed by atoms with van der Waals surface area (Å²) in [6, 6.07) is 27.2. The molecule has 1 aromatic heterocycles. The van der Waals surface area contributed by atoms with Gasteiger partial charge in [0.1, 0.15) is 24.0 Å². The molecule has 0 saturated heterocycles. The molecular formula is C26H20N4O4. The van der Waals surface area contributed by atoms with Gasteiger partial charge in [-0.05, 0) is 35.9 Å². The Morgan fingerprint density at radius 3 is 2.44 bits per heavy atom. The summed E-state index contributed by atoms with van der Waals surface area (Å²) in [5, 5.41) is 16.1. The molecule has 0 unspecified atom stereocenters. The first-order valence-corrected chi connectivity index (χ1v) is 10.4. The summed E-state index contributed by atoms with van der Waals surface area (Å²) in [4.78, 5) is 24.9. The van der Waals surface area contributed by atoms with Crippen LogP contribution in [0.25, 0.3) is 5.69 Å². The van der Waals surface area contributed by atoms with E-state index in [0.29, 0.717) is 18.0 Å². The molecule has 1 amide bonds. The van der Waals surface area contributed by atoms with E-state index < -0.39 is 18.5 Å². The number of benzene rings is 3. The Balaban J connectivity index is 1.36. The maximum Gasteiger partial charge on any atom is 0.338 e. The van der Waals surface area contributed by atoms with Crippen molar-refractivity contribution in [3.05, 3.63) is 108 Å². The van der Waals surface area contributed by atoms with Crippen molar-refractivity contribution in [2.45, 2.75) is 6.61 Å². The molecule has 1 heterocycles. The Morgan fingerprint density at radius 2 is 1.71 bits per heavy atom. The largest absolute Gasteiger partial charge is 0.489 e. The van der Waals surface area contributed by atoms with Crippen LogP contribution >= 0.6 is 0 Å². The summed E-state index contributed by atoms with van der Waals surface area (Å²) < 4.78 is 12.3. The molecule has 0 aliphatic rings. The monoisotopic (exact) mass is 452 g/mol. The molecule has 8 heteroatoms. The standard InChI is InChI=1S/C26H20N4O4/c27-15-21-16-28-30(22-11-5-2-6-12-22)25(21)29-24(31)18-34-26(32)20-10-7-13-23(14-20)33-17-19-8-3-1-4-9-19/h1-14,16H,17-18H2,(H,29,31). The zero-order valence-corrected chi connectivity index (χ0v) is 18.0. The lowest BCUT2D eigenvalue weighted by Gasteiger charge is -2.10. The topological polar surface area (TPSA) is 106 Å². The van der Waals surface area contributed by atoms with Gasteiger partial charge in [-0.15, -0.1) is 0 Å². The lowest BCUT2D eigenvalue weighted by Crippen LogP contribution is -2.23. The van der Waals surface area contributed by atoms with Crippen LogP contribution in [0.2, 0.25) is 0 Å². The summed E-state index contributed by atoms with van der Waals surface area (Å²) in [5.41, 5.74) is 2.11. The van der Waals surface area contributed by atoms with Crippen LogP contribution in [0.1, 0.15) is 21.5 Å². The number of aromatic nitrogens is 2. The molecule has 0 fully saturated rings. The van der Waals surface area contributed by atoms with Gasteiger partial charge >= 0.3 is 5.97 Å². The highest BCUT2D eigenvalue weighted by molar-refractivity contribution is 5.96. The third-order valence-corrected chi connectivity index (χ3v) is 4.80. The number of carbonyl (C=O) groups is 2. The number of carbonyl (C=O) groups excluding carboxylic acids is 2. The van der Waals surface area contributed by atoms with Gasteiger partial charge in [-0.2, -0.15) is 10.4 Å². The average Bonchev–Trinajstić information content (AvgIpc) is 3.29. The van der Waals surface area contributed by atoms with Gasteiger partial charge in [-0.3, -0.25) is 4.79 Å². The number of anilines is 1. The predicted molar refractivity (Wildman–Crippen MR) is 124 cm³/mol. The minimum atomic E-state index is -0.669. The highest BCUT2D eigenvalue weighted by Crippen LogP contribution is 2.20. The molecule has 1 N–H and O–H groups in total. The summed E-state index contributed by atoms with van der Waals surface area (Å²) in [7, 11) is 0. The lowest BCUT2D eigenvalue weighted by molar-refractivity contribution is -0.119. The molecule has 0 aliphatic heterocycles. The van der Waals surface area contributed by atoms with Crippen LogP contribution in [-0.4, -0.2) is 28.3 Å². The zero-order chi connectivity index (χ0) is 23.8. The summed E-state index contributed by atoms with van der Waals surface area (Å²) in [6.07, 6.45) is 1.36. The van der Waals surface area contributed by atoms with Crippen LogP contribution in [0.3, 0.4) is 0 Å². The van der Waals surface area contributed by atoms with E-state index in [9.17, 15) is 14.9 Å². The molecule has 8 nitrogen and oxygen atoms in total. The molecule has 34 heavy (non-hydrogen) atoms. The molecule has 0 aliphatic carbocycles. The number of ether oxygens (including phenoxy) is 2. The van der Waals surface area contributed by atoms with Crippen molar-refractivity contribution < 1.29 is 19.1 Å². The minimum Gasteiger partial charge on any atom is -0.489 e. The number of rotatable bonds is 8. The van der Waals surface area contributed by atoms with Gasteiger partial charge in [-0.25, -0.2) is 9.48 Å². The Morgan fingerprint density at radius 1 is 0.971 bits per heavy atom. The van der Waals surface area contributed by atoms with E-state index >= 15 is 0 Å². The number of nitriles is 1. The van der Waals surface area contributed by atoms with Crippen LogP contribution in [0.5, 0.6) is 5.75 Å². The van der Waals surface area contributed by atoms with Crippen molar-refractivity contribution in [2.24, 2.45) is 0 Å². The molecule has 4 rings (SSSR count). The highest BCUT2D eigenvalue weighted by atomic mass is 16.5. The number of hydrogen-bond acceptors (Lipinski definition) is 6. The second-order valence-electron chi connectivity index (χ2n) is 7.19. The Labute approximate surface area is 196 Å². The van der Waals surface area contributed by atoms with Crippen molar-refractivity contribution in [3.63, 3.8) is 0 Å². The second-order valence-corrected chi connectivity index (χ2v) is 7.19. The van der Waals surface area contributed by atoms with Gasteiger partial charge in [0.2, 0.25) is 0 Å². The molecule has 0 bridgehead atoms. The van der Waals surface area contributed by atoms with Crippen LogP contribution in [0.4, 0.5) is 5.82 Å². The lowest BCUT2D eigenvalue weighted by atomic mass is 10.2. The first-order chi connectivity index (χ1) is 16.6. The predicted octanol–water partition coefficient (Wildman–Crippen LogP) is 4.12. The highest BCUT2D eigenvalue weighted by Gasteiger charge is 2.17. The van der Waals surface area contributed by atoms with E-state index in [2.05, 4.69) is 10.4 Å². The molecule has 3 aromatic carbocycles. The van der Waals surface area contributed by atoms with E-state index in [1.54, 1.807) is 36.4 Å². The maximum absolute atomic E-state index is 12.5. The number of nitrogens with one attached hydrogen (secondary N) is 1. The Kier molecular flexibility index (Phi) is 6.96. The molecule has 0 spiro atoms. The number of amides is 1. The maximum atomic E-state index is 12.5. The molecular weight excluding hydrogens is 432 g/mol. The van der Waals surface area contributed by atoms with Crippen molar-refractivity contribution in [3.8, 4) is 17.5 Å². The Hall–Kier alpha value is -4.90. The van der Waals surface area contributed by atoms with Gasteiger partial charge in [0, 0.05) is 0 Å². The van der Waals surface area contributed by atoms with Crippen LogP contribution in [0, 0.1) is 11.3 Å². The fraction of sp³-hybridized carbons (Fsp3) is 0.0769. The van der Waals surface area contributed by atoms with Gasteiger partial charge in [0.15, 0.2) is 12.4 Å². The zero-order valence-electron chi connectivity index (χ0n) is 18.0. The second kappa shape index (κ2) is 10.6. The number of hydrogen-bond donors (Lipinski definition) is 1. The van der Waals surface area contributed by atoms with Gasteiger partial charge < -0.3 is 14.8 Å². The Bertz CT molecular complexity index is 1330. The summed E-state index contributed by atoms with van der Waals surface area (Å²) >= 11 is 0. The van der Waals surface area contributed by atoms with Gasteiger partial charge in [0.05, 0.1) is 17.4 Å². The van der Waals surface area contributed by atoms with E-state index in [-0.39, 0.29) is 16.9 Å². The van der Waals surface area contributed by atoms with Crippen molar-refractivity contribution in [2.75, 3.05) is 11.9 Å². The molecule has 0 atom stereocenters. The molecule has 0 radical (unpaired) electrons. The summed E-state index contributed by atoms with van der Waals surface area (Å²) in [6.45, 7) is -0.170. The number of nitrogens with zero attached hydrogens (tertiary/aromatic N) is 3. The first-order valence-electron chi connectivity index (χ1n) is 10.4.